The summed E-state index contributed by atoms with van der Waals surface area (Å²) in [6, 6.07) is 24.1. The van der Waals surface area contributed by atoms with Gasteiger partial charge in [-0.1, -0.05) is 29.8 Å². The summed E-state index contributed by atoms with van der Waals surface area (Å²) in [4.78, 5) is 94.0. The van der Waals surface area contributed by atoms with E-state index in [-0.39, 0.29) is 23.9 Å². The van der Waals surface area contributed by atoms with E-state index in [9.17, 15) is 19.2 Å². The molecule has 2 aliphatic heterocycles. The molecule has 2 amide bonds. The van der Waals surface area contributed by atoms with Crippen LogP contribution in [0.5, 0.6) is 0 Å². The van der Waals surface area contributed by atoms with Gasteiger partial charge in [-0.15, -0.1) is 0 Å². The van der Waals surface area contributed by atoms with Crippen molar-refractivity contribution in [1.82, 2.24) is 23.9 Å². The lowest BCUT2D eigenvalue weighted by molar-refractivity contribution is 0.0774. The molecular weight excluding hydrogens is 863 g/mol. The Kier molecular flexibility index (Phi) is 5.33. The minimum absolute atomic E-state index is 0.0938. The Morgan fingerprint density at radius 3 is 1.64 bits per heavy atom. The molecule has 0 radical (unpaired) electrons. The van der Waals surface area contributed by atoms with Crippen LogP contribution in [0.1, 0.15) is 37.4 Å². The van der Waals surface area contributed by atoms with E-state index in [1.165, 1.54) is 11.6 Å². The normalized spacial score (nSPS) is 15.1. The molecule has 16 aromatic rings. The average molecular weight is 892 g/mol. The zero-order chi connectivity index (χ0) is 46.0. The molecule has 0 aliphatic carbocycles. The van der Waals surface area contributed by atoms with Gasteiger partial charge in [-0.05, 0) is 126 Å². The number of fused-ring (bicyclic) bond motifs is 5. The third-order valence-electron chi connectivity index (χ3n) is 17.2. The quantitative estimate of drug-likeness (QED) is 0.129. The van der Waals surface area contributed by atoms with Crippen LogP contribution in [-0.4, -0.2) is 49.8 Å². The van der Waals surface area contributed by atoms with E-state index in [4.69, 9.17) is 0 Å². The summed E-state index contributed by atoms with van der Waals surface area (Å²) in [6.45, 7) is 2.66. The molecule has 5 heterocycles. The number of nitrogens with zero attached hydrogens (tertiary/aromatic N) is 4. The Morgan fingerprint density at radius 2 is 0.913 bits per heavy atom. The molecule has 11 nitrogen and oxygen atoms in total. The fraction of sp³-hybridized carbons (Fsp3) is 0.103. The van der Waals surface area contributed by atoms with Crippen molar-refractivity contribution in [3.63, 3.8) is 0 Å². The number of rotatable bonds is 1. The number of carbonyl (C=O) groups is 2. The van der Waals surface area contributed by atoms with E-state index in [0.29, 0.717) is 55.4 Å². The van der Waals surface area contributed by atoms with Gasteiger partial charge < -0.3 is 14.4 Å². The van der Waals surface area contributed by atoms with Crippen LogP contribution in [0.25, 0.3) is 157 Å². The van der Waals surface area contributed by atoms with Gasteiger partial charge in [0.05, 0.1) is 16.4 Å². The smallest absolute Gasteiger partial charge is 0.261 e. The maximum Gasteiger partial charge on any atom is 0.261 e. The zero-order valence-electron chi connectivity index (χ0n) is 37.1. The van der Waals surface area contributed by atoms with Gasteiger partial charge in [0, 0.05) is 126 Å². The Bertz CT molecular complexity index is 5490. The van der Waals surface area contributed by atoms with Crippen molar-refractivity contribution in [3.05, 3.63) is 142 Å². The van der Waals surface area contributed by atoms with Gasteiger partial charge in [-0.3, -0.25) is 38.3 Å². The van der Waals surface area contributed by atoms with E-state index in [1.807, 2.05) is 44.4 Å². The number of H-pyrrole nitrogens is 1. The lowest BCUT2D eigenvalue weighted by Crippen LogP contribution is -2.31. The Labute approximate surface area is 383 Å². The van der Waals surface area contributed by atoms with Crippen molar-refractivity contribution in [1.29, 1.82) is 0 Å². The van der Waals surface area contributed by atoms with Crippen LogP contribution in [0.4, 0.5) is 0 Å². The summed E-state index contributed by atoms with van der Waals surface area (Å²) in [5.74, 6) is -0.207. The highest BCUT2D eigenvalue weighted by Crippen LogP contribution is 2.62. The molecule has 0 fully saturated rings. The molecule has 0 bridgehead atoms. The van der Waals surface area contributed by atoms with Crippen molar-refractivity contribution in [2.24, 2.45) is 7.05 Å². The number of carbonyl (C=O) groups excluding carboxylic acids is 2. The molecule has 1 N–H and O–H groups in total. The van der Waals surface area contributed by atoms with Gasteiger partial charge in [-0.25, -0.2) is 0 Å². The monoisotopic (exact) mass is 891 g/mol. The van der Waals surface area contributed by atoms with Crippen LogP contribution in [0, 0.1) is 6.92 Å². The number of aromatic nitrogens is 3. The highest BCUT2D eigenvalue weighted by molar-refractivity contribution is 6.60. The van der Waals surface area contributed by atoms with Gasteiger partial charge in [0.1, 0.15) is 0 Å². The Balaban J connectivity index is 1.29. The first-order valence-electron chi connectivity index (χ1n) is 23.2. The van der Waals surface area contributed by atoms with E-state index in [0.717, 1.165) is 136 Å². The zero-order valence-corrected chi connectivity index (χ0v) is 37.1. The molecule has 0 atom stereocenters. The second-order valence-electron chi connectivity index (χ2n) is 20.3. The SMILES string of the molecule is Cc1ccc(-n2c3cc4c5c(cc6c7c8c(=O)[nH]c(=O)c9ccc%10c%11ccc%12c(=O)n(C)c(=O)c%13cc%14c%15c%16c%17c(cc2c2c%17c(c6c5c23)c%15c7c(c%10c98)c%14c%11c%12%13)C(=O)N(C)C%16)CN(C)C4=O)cc1. The van der Waals surface area contributed by atoms with Gasteiger partial charge in [0.15, 0.2) is 0 Å². The number of hydrogen-bond acceptors (Lipinski definition) is 6. The van der Waals surface area contributed by atoms with Crippen LogP contribution in [-0.2, 0) is 20.1 Å². The standard InChI is InChI=1S/C58H29N5O6/c1-19-5-7-21(8-6-19)63-32-15-29-34-20(17-60(2)55(29)66)13-26-42-46(34)44(32)45-33(63)16-30-37-31(18-61(3)56(30)67)36-27-14-28-35-25(57(68)62(4)58(28)69)12-10-22-23-9-11-24-40-39(23)49(41(27)38(22)35)51(48(36)50(42)47(37)45)43(26)52(40)54(65)59-53(24)64/h5-16H,17-18H2,1-4H3,(H,59,64,65). The summed E-state index contributed by atoms with van der Waals surface area (Å²) in [7, 11) is 5.17. The summed E-state index contributed by atoms with van der Waals surface area (Å²) < 4.78 is 3.40. The van der Waals surface area contributed by atoms with Crippen LogP contribution in [0.3, 0.4) is 0 Å². The number of aromatic amines is 1. The number of nitrogens with one attached hydrogen (secondary N) is 1. The van der Waals surface area contributed by atoms with Crippen LogP contribution < -0.4 is 22.2 Å². The highest BCUT2D eigenvalue weighted by Gasteiger charge is 2.39. The highest BCUT2D eigenvalue weighted by atomic mass is 16.2. The van der Waals surface area contributed by atoms with Crippen molar-refractivity contribution in [2.75, 3.05) is 14.1 Å². The van der Waals surface area contributed by atoms with Crippen LogP contribution in [0.2, 0.25) is 0 Å². The van der Waals surface area contributed by atoms with E-state index in [2.05, 4.69) is 46.8 Å². The maximum absolute atomic E-state index is 15.1. The first-order valence-corrected chi connectivity index (χ1v) is 23.2. The van der Waals surface area contributed by atoms with Gasteiger partial charge in [-0.2, -0.15) is 0 Å². The first kappa shape index (κ1) is 35.3. The molecule has 11 heteroatoms. The second kappa shape index (κ2) is 10.4. The predicted octanol–water partition coefficient (Wildman–Crippen LogP) is 9.71. The molecule has 0 saturated carbocycles. The summed E-state index contributed by atoms with van der Waals surface area (Å²) in [6.07, 6.45) is 0. The third-order valence-corrected chi connectivity index (χ3v) is 17.2. The fourth-order valence-electron chi connectivity index (χ4n) is 14.7. The van der Waals surface area contributed by atoms with Crippen molar-refractivity contribution >= 4 is 163 Å². The average Bonchev–Trinajstić information content (AvgIpc) is 3.68. The first-order chi connectivity index (χ1) is 33.4. The van der Waals surface area contributed by atoms with Crippen LogP contribution in [0.15, 0.2) is 92.0 Å². The van der Waals surface area contributed by atoms with E-state index < -0.39 is 16.7 Å². The molecule has 0 saturated heterocycles. The lowest BCUT2D eigenvalue weighted by atomic mass is 9.72. The van der Waals surface area contributed by atoms with Crippen molar-refractivity contribution in [2.45, 2.75) is 20.0 Å². The number of hydrogen-bond donors (Lipinski definition) is 1. The van der Waals surface area contributed by atoms with Gasteiger partial charge >= 0.3 is 0 Å². The van der Waals surface area contributed by atoms with Crippen LogP contribution >= 0.6 is 0 Å². The Morgan fingerprint density at radius 1 is 0.406 bits per heavy atom. The lowest BCUT2D eigenvalue weighted by Gasteiger charge is -2.33. The molecule has 2 aliphatic rings. The number of pyridine rings is 2. The molecule has 18 rings (SSSR count). The summed E-state index contributed by atoms with van der Waals surface area (Å²) in [5.41, 5.74) is 4.97. The molecular formula is C58H29N5O6. The van der Waals surface area contributed by atoms with Gasteiger partial charge in [0.25, 0.3) is 34.1 Å². The molecule has 0 unspecified atom stereocenters. The predicted molar refractivity (Wildman–Crippen MR) is 275 cm³/mol. The minimum Gasteiger partial charge on any atom is -0.337 e. The second-order valence-corrected chi connectivity index (χ2v) is 20.3. The molecule has 69 heavy (non-hydrogen) atoms. The van der Waals surface area contributed by atoms with Crippen molar-refractivity contribution < 1.29 is 9.59 Å². The van der Waals surface area contributed by atoms with E-state index >= 15 is 9.59 Å². The number of benzene rings is 13. The fourth-order valence-corrected chi connectivity index (χ4v) is 14.7. The topological polar surface area (TPSA) is 135 Å². The molecule has 0 spiro atoms. The van der Waals surface area contributed by atoms with E-state index in [1.54, 1.807) is 21.9 Å². The largest absolute Gasteiger partial charge is 0.337 e. The summed E-state index contributed by atoms with van der Waals surface area (Å²) >= 11 is 0. The van der Waals surface area contributed by atoms with Crippen molar-refractivity contribution in [3.8, 4) is 5.69 Å². The Hall–Kier alpha value is -8.96. The summed E-state index contributed by atoms with van der Waals surface area (Å²) in [5, 5.41) is 20.1. The third kappa shape index (κ3) is 3.36. The molecule has 13 aromatic carbocycles. The molecule has 3 aromatic heterocycles. The minimum atomic E-state index is -0.486. The molecule has 322 valence electrons. The number of aryl methyl sites for hydroxylation is 1. The number of amides is 2. The maximum atomic E-state index is 15.1. The van der Waals surface area contributed by atoms with Gasteiger partial charge in [0.2, 0.25) is 0 Å².